The van der Waals surface area contributed by atoms with Crippen LogP contribution >= 0.6 is 0 Å². The minimum atomic E-state index is -0.999. The van der Waals surface area contributed by atoms with Gasteiger partial charge in [0.25, 0.3) is 0 Å². The van der Waals surface area contributed by atoms with E-state index in [2.05, 4.69) is 6.58 Å². The van der Waals surface area contributed by atoms with Crippen LogP contribution in [0.25, 0.3) is 0 Å². The predicted octanol–water partition coefficient (Wildman–Crippen LogP) is -0.0338. The first kappa shape index (κ1) is 37.3. The first-order valence-corrected chi connectivity index (χ1v) is 12.9. The molecule has 1 N–H and O–H groups in total. The third-order valence-electron chi connectivity index (χ3n) is 4.21. The predicted molar refractivity (Wildman–Crippen MR) is 137 cm³/mol. The fourth-order valence-electron chi connectivity index (χ4n) is 2.40. The second kappa shape index (κ2) is 32.5. The molecule has 39 heavy (non-hydrogen) atoms. The summed E-state index contributed by atoms with van der Waals surface area (Å²) in [7, 11) is 0. The Labute approximate surface area is 230 Å². The van der Waals surface area contributed by atoms with E-state index in [4.69, 9.17) is 57.2 Å². The van der Waals surface area contributed by atoms with Crippen LogP contribution in [0.1, 0.15) is 0 Å². The average Bonchev–Trinajstić information content (AvgIpc) is 2.93. The Morgan fingerprint density at radius 3 is 0.897 bits per heavy atom. The van der Waals surface area contributed by atoms with E-state index in [1.54, 1.807) is 0 Å². The Morgan fingerprint density at radius 1 is 0.436 bits per heavy atom. The third kappa shape index (κ3) is 34.3. The lowest BCUT2D eigenvalue weighted by atomic mass is 10.6. The molecular formula is C25H46O14. The number of hydrogen-bond donors (Lipinski definition) is 1. The molecule has 14 heteroatoms. The summed E-state index contributed by atoms with van der Waals surface area (Å²) in [5.74, 6) is -1.46. The smallest absolute Gasteiger partial charge is 0.330 e. The maximum Gasteiger partial charge on any atom is 0.330 e. The summed E-state index contributed by atoms with van der Waals surface area (Å²) in [6.07, 6.45) is 1.11. The number of hydrogen-bond acceptors (Lipinski definition) is 13. The topological polar surface area (TPSA) is 156 Å². The summed E-state index contributed by atoms with van der Waals surface area (Å²) in [6.45, 7) is 11.4. The van der Waals surface area contributed by atoms with Crippen LogP contribution in [0, 0.1) is 0 Å². The number of carboxylic acid groups (broad SMARTS) is 1. The normalized spacial score (nSPS) is 11.1. The van der Waals surface area contributed by atoms with Crippen LogP contribution in [0.5, 0.6) is 0 Å². The van der Waals surface area contributed by atoms with E-state index >= 15 is 0 Å². The van der Waals surface area contributed by atoms with Gasteiger partial charge in [-0.3, -0.25) is 0 Å². The summed E-state index contributed by atoms with van der Waals surface area (Å²) < 4.78 is 57.8. The number of esters is 1. The Kier molecular flexibility index (Phi) is 31.1. The molecule has 0 rings (SSSR count). The highest BCUT2D eigenvalue weighted by molar-refractivity contribution is 5.81. The van der Waals surface area contributed by atoms with Crippen LogP contribution in [-0.4, -0.2) is 156 Å². The molecular weight excluding hydrogens is 524 g/mol. The minimum Gasteiger partial charge on any atom is -0.480 e. The molecule has 0 aromatic rings. The molecule has 0 aliphatic heterocycles. The minimum absolute atomic E-state index is 0.193. The van der Waals surface area contributed by atoms with Crippen molar-refractivity contribution in [1.29, 1.82) is 0 Å². The largest absolute Gasteiger partial charge is 0.480 e. The van der Waals surface area contributed by atoms with Crippen LogP contribution in [0.3, 0.4) is 0 Å². The molecule has 14 nitrogen and oxygen atoms in total. The van der Waals surface area contributed by atoms with Gasteiger partial charge in [0, 0.05) is 6.08 Å². The Morgan fingerprint density at radius 2 is 0.667 bits per heavy atom. The van der Waals surface area contributed by atoms with Crippen molar-refractivity contribution in [3.05, 3.63) is 12.7 Å². The molecule has 0 bridgehead atoms. The van der Waals surface area contributed by atoms with Crippen LogP contribution in [0.15, 0.2) is 12.7 Å². The van der Waals surface area contributed by atoms with Gasteiger partial charge in [0.15, 0.2) is 0 Å². The SMILES string of the molecule is C=CC(=O)OCCOCCOCCOCCOCCOCCOCCOCCOCCOCCOCC(=O)O. The maximum absolute atomic E-state index is 10.8. The lowest BCUT2D eigenvalue weighted by molar-refractivity contribution is -0.143. The highest BCUT2D eigenvalue weighted by Crippen LogP contribution is 1.87. The van der Waals surface area contributed by atoms with Gasteiger partial charge in [0.1, 0.15) is 13.2 Å². The molecule has 0 aromatic carbocycles. The lowest BCUT2D eigenvalue weighted by Crippen LogP contribution is -2.15. The van der Waals surface area contributed by atoms with Gasteiger partial charge in [-0.2, -0.15) is 0 Å². The molecule has 0 aromatic heterocycles. The number of ether oxygens (including phenoxy) is 11. The number of aliphatic carboxylic acids is 1. The molecule has 0 unspecified atom stereocenters. The highest BCUT2D eigenvalue weighted by atomic mass is 16.6. The molecule has 0 atom stereocenters. The van der Waals surface area contributed by atoms with Crippen LogP contribution in [0.2, 0.25) is 0 Å². The Balaban J connectivity index is 3.05. The fourth-order valence-corrected chi connectivity index (χ4v) is 2.40. The van der Waals surface area contributed by atoms with Crippen molar-refractivity contribution < 1.29 is 66.8 Å². The summed E-state index contributed by atoms with van der Waals surface area (Å²) in [5.41, 5.74) is 0. The first-order chi connectivity index (χ1) is 19.2. The summed E-state index contributed by atoms with van der Waals surface area (Å²) in [6, 6.07) is 0. The zero-order valence-electron chi connectivity index (χ0n) is 22.9. The highest BCUT2D eigenvalue weighted by Gasteiger charge is 1.98. The molecule has 0 spiro atoms. The van der Waals surface area contributed by atoms with Crippen LogP contribution < -0.4 is 0 Å². The van der Waals surface area contributed by atoms with E-state index in [9.17, 15) is 9.59 Å². The fraction of sp³-hybridized carbons (Fsp3) is 0.840. The summed E-state index contributed by atoms with van der Waals surface area (Å²) in [4.78, 5) is 21.1. The van der Waals surface area contributed by atoms with Crippen molar-refractivity contribution in [3.63, 3.8) is 0 Å². The van der Waals surface area contributed by atoms with Crippen molar-refractivity contribution in [2.45, 2.75) is 0 Å². The molecule has 0 radical (unpaired) electrons. The second-order valence-corrected chi connectivity index (χ2v) is 7.33. The van der Waals surface area contributed by atoms with E-state index in [-0.39, 0.29) is 19.8 Å². The van der Waals surface area contributed by atoms with Crippen LogP contribution in [0.4, 0.5) is 0 Å². The van der Waals surface area contributed by atoms with Gasteiger partial charge in [-0.25, -0.2) is 9.59 Å². The van der Waals surface area contributed by atoms with E-state index in [1.807, 2.05) is 0 Å². The van der Waals surface area contributed by atoms with Crippen molar-refractivity contribution in [1.82, 2.24) is 0 Å². The molecule has 0 aliphatic carbocycles. The molecule has 0 fully saturated rings. The zero-order chi connectivity index (χ0) is 28.5. The molecule has 230 valence electrons. The maximum atomic E-state index is 10.8. The van der Waals surface area contributed by atoms with E-state index < -0.39 is 11.9 Å². The van der Waals surface area contributed by atoms with E-state index in [1.165, 1.54) is 0 Å². The van der Waals surface area contributed by atoms with Gasteiger partial charge in [-0.1, -0.05) is 6.58 Å². The first-order valence-electron chi connectivity index (χ1n) is 12.9. The Hall–Kier alpha value is -1.72. The monoisotopic (exact) mass is 570 g/mol. The van der Waals surface area contributed by atoms with Gasteiger partial charge in [-0.05, 0) is 0 Å². The second-order valence-electron chi connectivity index (χ2n) is 7.33. The van der Waals surface area contributed by atoms with Gasteiger partial charge >= 0.3 is 11.9 Å². The third-order valence-corrected chi connectivity index (χ3v) is 4.21. The standard InChI is InChI=1S/C25H46O14/c1-2-25(28)39-22-21-37-18-17-35-14-13-33-10-9-31-6-5-29-3-4-30-7-8-32-11-12-34-15-16-36-19-20-38-23-24(26)27/h2H,1,3-23H2,(H,26,27). The number of carbonyl (C=O) groups is 2. The van der Waals surface area contributed by atoms with Gasteiger partial charge in [-0.15, -0.1) is 0 Å². The van der Waals surface area contributed by atoms with Gasteiger partial charge in [0.05, 0.1) is 126 Å². The number of carbonyl (C=O) groups excluding carboxylic acids is 1. The summed E-state index contributed by atoms with van der Waals surface area (Å²) in [5, 5.41) is 8.40. The number of carboxylic acids is 1. The molecule has 0 saturated heterocycles. The van der Waals surface area contributed by atoms with Crippen molar-refractivity contribution in [2.24, 2.45) is 0 Å². The Bertz CT molecular complexity index is 549. The van der Waals surface area contributed by atoms with E-state index in [0.29, 0.717) is 119 Å². The average molecular weight is 571 g/mol. The lowest BCUT2D eigenvalue weighted by Gasteiger charge is -2.09. The molecule has 0 aliphatic rings. The van der Waals surface area contributed by atoms with Crippen molar-refractivity contribution >= 4 is 11.9 Å². The van der Waals surface area contributed by atoms with Crippen LogP contribution in [-0.2, 0) is 61.7 Å². The van der Waals surface area contributed by atoms with E-state index in [0.717, 1.165) is 6.08 Å². The van der Waals surface area contributed by atoms with Gasteiger partial charge in [0.2, 0.25) is 0 Å². The number of rotatable bonds is 33. The quantitative estimate of drug-likeness (QED) is 0.0637. The molecule has 0 amide bonds. The van der Waals surface area contributed by atoms with Crippen molar-refractivity contribution in [3.8, 4) is 0 Å². The van der Waals surface area contributed by atoms with Crippen molar-refractivity contribution in [2.75, 3.05) is 139 Å². The van der Waals surface area contributed by atoms with Gasteiger partial charge < -0.3 is 57.2 Å². The summed E-state index contributed by atoms with van der Waals surface area (Å²) >= 11 is 0. The molecule has 0 heterocycles. The zero-order valence-corrected chi connectivity index (χ0v) is 22.9. The molecule has 0 saturated carbocycles.